The first kappa shape index (κ1) is 9.96. The second kappa shape index (κ2) is 4.21. The molecule has 0 aliphatic carbocycles. The Kier molecular flexibility index (Phi) is 3.50. The van der Waals surface area contributed by atoms with E-state index in [0.717, 1.165) is 13.1 Å². The van der Waals surface area contributed by atoms with Crippen molar-refractivity contribution in [1.29, 1.82) is 0 Å². The molecule has 0 amide bonds. The maximum Gasteiger partial charge on any atom is 0.0936 e. The monoisotopic (exact) mass is 173 g/mol. The zero-order valence-corrected chi connectivity index (χ0v) is 8.16. The van der Waals surface area contributed by atoms with Crippen LogP contribution in [0.2, 0.25) is 0 Å². The first-order valence-corrected chi connectivity index (χ1v) is 4.64. The third-order valence-electron chi connectivity index (χ3n) is 2.29. The molecule has 72 valence electrons. The van der Waals surface area contributed by atoms with Crippen molar-refractivity contribution in [1.82, 2.24) is 4.90 Å². The topological polar surface area (TPSA) is 32.7 Å². The van der Waals surface area contributed by atoms with Gasteiger partial charge in [-0.25, -0.2) is 0 Å². The molecule has 1 heterocycles. The van der Waals surface area contributed by atoms with Gasteiger partial charge in [0.1, 0.15) is 0 Å². The van der Waals surface area contributed by atoms with Crippen molar-refractivity contribution in [3.8, 4) is 0 Å². The van der Waals surface area contributed by atoms with Crippen molar-refractivity contribution < 1.29 is 9.84 Å². The Labute approximate surface area is 74.3 Å². The molecule has 3 nitrogen and oxygen atoms in total. The number of ether oxygens (including phenoxy) is 1. The summed E-state index contributed by atoms with van der Waals surface area (Å²) in [6.07, 6.45) is 0.259. The molecule has 1 saturated heterocycles. The Balaban J connectivity index is 2.45. The summed E-state index contributed by atoms with van der Waals surface area (Å²) in [5.74, 6) is 0. The van der Waals surface area contributed by atoms with E-state index in [4.69, 9.17) is 9.84 Å². The second-order valence-electron chi connectivity index (χ2n) is 3.80. The van der Waals surface area contributed by atoms with Crippen LogP contribution in [0.15, 0.2) is 0 Å². The molecule has 12 heavy (non-hydrogen) atoms. The van der Waals surface area contributed by atoms with Crippen molar-refractivity contribution in [3.05, 3.63) is 0 Å². The Hall–Kier alpha value is -0.120. The first-order valence-electron chi connectivity index (χ1n) is 4.64. The van der Waals surface area contributed by atoms with Crippen LogP contribution < -0.4 is 0 Å². The number of hydrogen-bond acceptors (Lipinski definition) is 3. The number of aliphatic hydroxyl groups is 1. The van der Waals surface area contributed by atoms with Gasteiger partial charge in [0.05, 0.1) is 18.8 Å². The average Bonchev–Trinajstić information content (AvgIpc) is 2.03. The molecule has 0 aromatic carbocycles. The van der Waals surface area contributed by atoms with Gasteiger partial charge in [0.2, 0.25) is 0 Å². The lowest BCUT2D eigenvalue weighted by Crippen LogP contribution is -2.50. The lowest BCUT2D eigenvalue weighted by Gasteiger charge is -2.38. The zero-order chi connectivity index (χ0) is 9.14. The Bertz CT molecular complexity index is 138. The third-order valence-corrected chi connectivity index (χ3v) is 2.29. The second-order valence-corrected chi connectivity index (χ2v) is 3.80. The molecule has 2 atom stereocenters. The van der Waals surface area contributed by atoms with Crippen LogP contribution >= 0.6 is 0 Å². The summed E-state index contributed by atoms with van der Waals surface area (Å²) in [4.78, 5) is 2.34. The Morgan fingerprint density at radius 1 is 1.50 bits per heavy atom. The molecule has 0 saturated carbocycles. The van der Waals surface area contributed by atoms with Gasteiger partial charge in [-0.2, -0.15) is 0 Å². The molecule has 1 aliphatic heterocycles. The molecular formula is C9H19NO2. The predicted molar refractivity (Wildman–Crippen MR) is 48.1 cm³/mol. The van der Waals surface area contributed by atoms with Crippen LogP contribution in [0.25, 0.3) is 0 Å². The number of rotatable bonds is 2. The van der Waals surface area contributed by atoms with Gasteiger partial charge < -0.3 is 9.84 Å². The highest BCUT2D eigenvalue weighted by molar-refractivity contribution is 4.77. The van der Waals surface area contributed by atoms with Gasteiger partial charge in [0, 0.05) is 19.1 Å². The first-order chi connectivity index (χ1) is 5.63. The highest BCUT2D eigenvalue weighted by Gasteiger charge is 2.25. The molecule has 1 fully saturated rings. The van der Waals surface area contributed by atoms with Gasteiger partial charge >= 0.3 is 0 Å². The van der Waals surface area contributed by atoms with Crippen LogP contribution in [0.4, 0.5) is 0 Å². The van der Waals surface area contributed by atoms with Gasteiger partial charge in [0.25, 0.3) is 0 Å². The van der Waals surface area contributed by atoms with E-state index in [-0.39, 0.29) is 18.8 Å². The number of morpholine rings is 1. The van der Waals surface area contributed by atoms with Crippen LogP contribution in [0.5, 0.6) is 0 Å². The highest BCUT2D eigenvalue weighted by Crippen LogP contribution is 2.12. The van der Waals surface area contributed by atoms with Crippen molar-refractivity contribution >= 4 is 0 Å². The number of nitrogens with zero attached hydrogens (tertiary/aromatic N) is 1. The summed E-state index contributed by atoms with van der Waals surface area (Å²) < 4.78 is 5.52. The van der Waals surface area contributed by atoms with E-state index in [2.05, 4.69) is 25.7 Å². The summed E-state index contributed by atoms with van der Waals surface area (Å²) >= 11 is 0. The molecule has 1 N–H and O–H groups in total. The molecule has 1 rings (SSSR count). The van der Waals surface area contributed by atoms with E-state index >= 15 is 0 Å². The van der Waals surface area contributed by atoms with Gasteiger partial charge in [-0.3, -0.25) is 4.90 Å². The minimum atomic E-state index is 0.0103. The molecule has 0 radical (unpaired) electrons. The van der Waals surface area contributed by atoms with Gasteiger partial charge in [-0.15, -0.1) is 0 Å². The van der Waals surface area contributed by atoms with Gasteiger partial charge in [0.15, 0.2) is 0 Å². The standard InChI is InChI=1S/C9H19NO2/c1-7(2)10-4-8(3)12-9(5-10)6-11/h7-9,11H,4-6H2,1-3H3/t8-,9+/m0/s1. The lowest BCUT2D eigenvalue weighted by molar-refractivity contribution is -0.102. The van der Waals surface area contributed by atoms with Crippen LogP contribution in [0.3, 0.4) is 0 Å². The fourth-order valence-electron chi connectivity index (χ4n) is 1.60. The van der Waals surface area contributed by atoms with Crippen molar-refractivity contribution in [2.45, 2.75) is 39.0 Å². The van der Waals surface area contributed by atoms with E-state index in [9.17, 15) is 0 Å². The van der Waals surface area contributed by atoms with E-state index in [1.807, 2.05) is 0 Å². The maximum atomic E-state index is 8.96. The van der Waals surface area contributed by atoms with Crippen LogP contribution in [0.1, 0.15) is 20.8 Å². The normalized spacial score (nSPS) is 32.8. The van der Waals surface area contributed by atoms with Gasteiger partial charge in [-0.05, 0) is 20.8 Å². The minimum absolute atomic E-state index is 0.0103. The molecule has 0 unspecified atom stereocenters. The largest absolute Gasteiger partial charge is 0.394 e. The number of aliphatic hydroxyl groups excluding tert-OH is 1. The molecule has 1 aliphatic rings. The predicted octanol–water partition coefficient (Wildman–Crippen LogP) is 0.476. The third kappa shape index (κ3) is 2.44. The zero-order valence-electron chi connectivity index (χ0n) is 8.16. The van der Waals surface area contributed by atoms with Crippen molar-refractivity contribution in [2.75, 3.05) is 19.7 Å². The highest BCUT2D eigenvalue weighted by atomic mass is 16.5. The van der Waals surface area contributed by atoms with Crippen molar-refractivity contribution in [3.63, 3.8) is 0 Å². The minimum Gasteiger partial charge on any atom is -0.394 e. The van der Waals surface area contributed by atoms with Crippen LogP contribution in [0, 0.1) is 0 Å². The maximum absolute atomic E-state index is 8.96. The molecule has 0 spiro atoms. The molecule has 0 aromatic rings. The summed E-state index contributed by atoms with van der Waals surface area (Å²) in [5.41, 5.74) is 0. The SMILES string of the molecule is CC(C)N1C[C@H](CO)O[C@@H](C)C1. The summed E-state index contributed by atoms with van der Waals surface area (Å²) in [6, 6.07) is 0.547. The smallest absolute Gasteiger partial charge is 0.0936 e. The average molecular weight is 173 g/mol. The summed E-state index contributed by atoms with van der Waals surface area (Å²) in [6.45, 7) is 8.37. The fraction of sp³-hybridized carbons (Fsp3) is 1.00. The summed E-state index contributed by atoms with van der Waals surface area (Å²) in [7, 11) is 0. The van der Waals surface area contributed by atoms with Crippen LogP contribution in [-0.4, -0.2) is 48.0 Å². The number of hydrogen-bond donors (Lipinski definition) is 1. The Morgan fingerprint density at radius 3 is 2.67 bits per heavy atom. The van der Waals surface area contributed by atoms with Gasteiger partial charge in [-0.1, -0.05) is 0 Å². The molecule has 0 aromatic heterocycles. The lowest BCUT2D eigenvalue weighted by atomic mass is 10.2. The Morgan fingerprint density at radius 2 is 2.17 bits per heavy atom. The van der Waals surface area contributed by atoms with E-state index in [1.165, 1.54) is 0 Å². The molecule has 0 bridgehead atoms. The van der Waals surface area contributed by atoms with E-state index in [1.54, 1.807) is 0 Å². The summed E-state index contributed by atoms with van der Waals surface area (Å²) in [5, 5.41) is 8.96. The van der Waals surface area contributed by atoms with E-state index in [0.29, 0.717) is 6.04 Å². The molecular weight excluding hydrogens is 154 g/mol. The molecule has 3 heteroatoms. The quantitative estimate of drug-likeness (QED) is 0.659. The van der Waals surface area contributed by atoms with Crippen molar-refractivity contribution in [2.24, 2.45) is 0 Å². The van der Waals surface area contributed by atoms with E-state index < -0.39 is 0 Å². The van der Waals surface area contributed by atoms with Crippen LogP contribution in [-0.2, 0) is 4.74 Å². The fourth-order valence-corrected chi connectivity index (χ4v) is 1.60.